The monoisotopic (exact) mass is 388 g/mol. The molecule has 1 heterocycles. The summed E-state index contributed by atoms with van der Waals surface area (Å²) >= 11 is 5.94. The second-order valence-corrected chi connectivity index (χ2v) is 5.80. The van der Waals surface area contributed by atoms with Crippen LogP contribution in [0.3, 0.4) is 0 Å². The molecule has 2 N–H and O–H groups in total. The van der Waals surface area contributed by atoms with Gasteiger partial charge >= 0.3 is 11.8 Å². The molecule has 0 aliphatic heterocycles. The van der Waals surface area contributed by atoms with Crippen LogP contribution >= 0.6 is 11.6 Å². The van der Waals surface area contributed by atoms with Crippen molar-refractivity contribution in [3.8, 4) is 11.4 Å². The van der Waals surface area contributed by atoms with E-state index >= 15 is 0 Å². The van der Waals surface area contributed by atoms with Crippen LogP contribution in [-0.4, -0.2) is 35.0 Å². The second kappa shape index (κ2) is 8.41. The van der Waals surface area contributed by atoms with E-state index in [1.807, 2.05) is 0 Å². The fourth-order valence-electron chi connectivity index (χ4n) is 2.24. The predicted molar refractivity (Wildman–Crippen MR) is 95.8 cm³/mol. The van der Waals surface area contributed by atoms with Gasteiger partial charge < -0.3 is 15.2 Å². The number of hydrogen-bond donors (Lipinski definition) is 2. The SMILES string of the molecule is O=C(NCCNC(=O)c1ccccc1Cl)c1nc(-c2ccccc2F)no1. The van der Waals surface area contributed by atoms with Crippen molar-refractivity contribution in [2.24, 2.45) is 0 Å². The average molecular weight is 389 g/mol. The summed E-state index contributed by atoms with van der Waals surface area (Å²) in [5.41, 5.74) is 0.476. The molecule has 27 heavy (non-hydrogen) atoms. The van der Waals surface area contributed by atoms with Crippen molar-refractivity contribution in [2.75, 3.05) is 13.1 Å². The van der Waals surface area contributed by atoms with E-state index in [1.54, 1.807) is 30.3 Å². The Morgan fingerprint density at radius 3 is 2.41 bits per heavy atom. The van der Waals surface area contributed by atoms with E-state index < -0.39 is 11.7 Å². The fourth-order valence-corrected chi connectivity index (χ4v) is 2.46. The molecule has 1 aromatic heterocycles. The van der Waals surface area contributed by atoms with Crippen LogP contribution in [0.2, 0.25) is 5.02 Å². The highest BCUT2D eigenvalue weighted by Gasteiger charge is 2.17. The topological polar surface area (TPSA) is 97.1 Å². The van der Waals surface area contributed by atoms with Crippen molar-refractivity contribution in [1.29, 1.82) is 0 Å². The van der Waals surface area contributed by atoms with Crippen molar-refractivity contribution >= 4 is 23.4 Å². The molecule has 0 atom stereocenters. The molecule has 0 aliphatic rings. The number of nitrogens with one attached hydrogen (secondary N) is 2. The summed E-state index contributed by atoms with van der Waals surface area (Å²) in [7, 11) is 0. The van der Waals surface area contributed by atoms with Crippen molar-refractivity contribution in [3.05, 3.63) is 70.8 Å². The van der Waals surface area contributed by atoms with Crippen LogP contribution in [0.4, 0.5) is 4.39 Å². The summed E-state index contributed by atoms with van der Waals surface area (Å²) < 4.78 is 18.6. The smallest absolute Gasteiger partial charge is 0.316 e. The lowest BCUT2D eigenvalue weighted by molar-refractivity contribution is 0.0898. The van der Waals surface area contributed by atoms with Gasteiger partial charge in [-0.15, -0.1) is 0 Å². The third-order valence-corrected chi connectivity index (χ3v) is 3.88. The number of hydrogen-bond acceptors (Lipinski definition) is 5. The first-order valence-corrected chi connectivity index (χ1v) is 8.33. The van der Waals surface area contributed by atoms with Crippen molar-refractivity contribution in [3.63, 3.8) is 0 Å². The largest absolute Gasteiger partial charge is 0.350 e. The highest BCUT2D eigenvalue weighted by atomic mass is 35.5. The first-order valence-electron chi connectivity index (χ1n) is 7.96. The lowest BCUT2D eigenvalue weighted by Crippen LogP contribution is -2.34. The van der Waals surface area contributed by atoms with Gasteiger partial charge in [0, 0.05) is 13.1 Å². The van der Waals surface area contributed by atoms with E-state index in [9.17, 15) is 14.0 Å². The summed E-state index contributed by atoms with van der Waals surface area (Å²) in [5, 5.41) is 9.10. The van der Waals surface area contributed by atoms with Crippen LogP contribution in [-0.2, 0) is 0 Å². The molecule has 0 radical (unpaired) electrons. The van der Waals surface area contributed by atoms with E-state index in [-0.39, 0.29) is 36.3 Å². The third kappa shape index (κ3) is 4.48. The summed E-state index contributed by atoms with van der Waals surface area (Å²) in [5.74, 6) is -1.82. The highest BCUT2D eigenvalue weighted by molar-refractivity contribution is 6.33. The van der Waals surface area contributed by atoms with Gasteiger partial charge in [0.25, 0.3) is 5.91 Å². The molecular formula is C18H14ClFN4O3. The van der Waals surface area contributed by atoms with E-state index in [0.717, 1.165) is 0 Å². The van der Waals surface area contributed by atoms with Gasteiger partial charge in [-0.1, -0.05) is 41.0 Å². The number of benzene rings is 2. The lowest BCUT2D eigenvalue weighted by Gasteiger charge is -2.06. The summed E-state index contributed by atoms with van der Waals surface area (Å²) in [6.45, 7) is 0.302. The minimum atomic E-state index is -0.628. The Balaban J connectivity index is 1.51. The van der Waals surface area contributed by atoms with Crippen LogP contribution in [0, 0.1) is 5.82 Å². The van der Waals surface area contributed by atoms with E-state index in [0.29, 0.717) is 10.6 Å². The van der Waals surface area contributed by atoms with Gasteiger partial charge in [0.15, 0.2) is 0 Å². The first kappa shape index (κ1) is 18.5. The van der Waals surface area contributed by atoms with Crippen molar-refractivity contribution < 1.29 is 18.5 Å². The number of aromatic nitrogens is 2. The number of carbonyl (C=O) groups is 2. The Labute approximate surface area is 158 Å². The Hall–Kier alpha value is -3.26. The zero-order valence-electron chi connectivity index (χ0n) is 13.9. The standard InChI is InChI=1S/C18H14ClFN4O3/c19-13-7-3-1-5-11(13)16(25)21-9-10-22-17(26)18-23-15(24-27-18)12-6-2-4-8-14(12)20/h1-8H,9-10H2,(H,21,25)(H,22,26). The van der Waals surface area contributed by atoms with Gasteiger partial charge in [0.1, 0.15) is 5.82 Å². The van der Waals surface area contributed by atoms with Crippen LogP contribution in [0.1, 0.15) is 21.0 Å². The summed E-state index contributed by atoms with van der Waals surface area (Å²) in [6.07, 6.45) is 0. The molecule has 7 nitrogen and oxygen atoms in total. The molecule has 9 heteroatoms. The first-order chi connectivity index (χ1) is 13.1. The maximum Gasteiger partial charge on any atom is 0.316 e. The minimum Gasteiger partial charge on any atom is -0.350 e. The van der Waals surface area contributed by atoms with Gasteiger partial charge in [-0.3, -0.25) is 9.59 Å². The van der Waals surface area contributed by atoms with Crippen LogP contribution in [0.5, 0.6) is 0 Å². The highest BCUT2D eigenvalue weighted by Crippen LogP contribution is 2.19. The molecule has 3 aromatic rings. The predicted octanol–water partition coefficient (Wildman–Crippen LogP) is 2.69. The molecule has 0 saturated heterocycles. The zero-order chi connectivity index (χ0) is 19.2. The quantitative estimate of drug-likeness (QED) is 0.633. The summed E-state index contributed by atoms with van der Waals surface area (Å²) in [6, 6.07) is 12.5. The molecule has 0 saturated carbocycles. The van der Waals surface area contributed by atoms with Crippen molar-refractivity contribution in [1.82, 2.24) is 20.8 Å². The lowest BCUT2D eigenvalue weighted by atomic mass is 10.2. The molecule has 2 aromatic carbocycles. The van der Waals surface area contributed by atoms with Gasteiger partial charge in [-0.2, -0.15) is 4.98 Å². The van der Waals surface area contributed by atoms with Crippen LogP contribution < -0.4 is 10.6 Å². The van der Waals surface area contributed by atoms with Crippen molar-refractivity contribution in [2.45, 2.75) is 0 Å². The number of halogens is 2. The van der Waals surface area contributed by atoms with E-state index in [1.165, 1.54) is 18.2 Å². The average Bonchev–Trinajstić information content (AvgIpc) is 3.15. The maximum absolute atomic E-state index is 13.7. The number of amides is 2. The molecule has 2 amide bonds. The zero-order valence-corrected chi connectivity index (χ0v) is 14.7. The normalized spacial score (nSPS) is 10.4. The molecule has 0 aliphatic carbocycles. The van der Waals surface area contributed by atoms with Crippen LogP contribution in [0.15, 0.2) is 53.1 Å². The van der Waals surface area contributed by atoms with E-state index in [2.05, 4.69) is 20.8 Å². The number of nitrogens with zero attached hydrogens (tertiary/aromatic N) is 2. The fraction of sp³-hybridized carbons (Fsp3) is 0.111. The number of carbonyl (C=O) groups excluding carboxylic acids is 2. The Morgan fingerprint density at radius 2 is 1.67 bits per heavy atom. The molecule has 138 valence electrons. The molecule has 3 rings (SSSR count). The summed E-state index contributed by atoms with van der Waals surface area (Å²) in [4.78, 5) is 27.9. The maximum atomic E-state index is 13.7. The second-order valence-electron chi connectivity index (χ2n) is 5.39. The molecule has 0 fully saturated rings. The van der Waals surface area contributed by atoms with Crippen LogP contribution in [0.25, 0.3) is 11.4 Å². The van der Waals surface area contributed by atoms with E-state index in [4.69, 9.17) is 16.1 Å². The Kier molecular flexibility index (Phi) is 5.77. The van der Waals surface area contributed by atoms with Gasteiger partial charge in [0.2, 0.25) is 5.82 Å². The molecule has 0 bridgehead atoms. The Morgan fingerprint density at radius 1 is 1.00 bits per heavy atom. The van der Waals surface area contributed by atoms with Gasteiger partial charge in [-0.05, 0) is 24.3 Å². The third-order valence-electron chi connectivity index (χ3n) is 3.55. The van der Waals surface area contributed by atoms with Gasteiger partial charge in [0.05, 0.1) is 16.1 Å². The molecular weight excluding hydrogens is 375 g/mol. The molecule has 0 unspecified atom stereocenters. The Bertz CT molecular complexity index is 977. The molecule has 0 spiro atoms. The number of rotatable bonds is 6. The van der Waals surface area contributed by atoms with Gasteiger partial charge in [-0.25, -0.2) is 4.39 Å². The minimum absolute atomic E-state index is 0.0229.